The van der Waals surface area contributed by atoms with Gasteiger partial charge in [0.1, 0.15) is 6.04 Å². The lowest BCUT2D eigenvalue weighted by Crippen LogP contribution is -2.51. The number of likely N-dealkylation sites (N-methyl/N-ethyl adjacent to an activating group) is 1. The summed E-state index contributed by atoms with van der Waals surface area (Å²) in [6.45, 7) is 2.79. The van der Waals surface area contributed by atoms with Gasteiger partial charge in [-0.05, 0) is 42.3 Å². The van der Waals surface area contributed by atoms with Gasteiger partial charge in [0, 0.05) is 19.5 Å². The number of imide groups is 1. The van der Waals surface area contributed by atoms with Gasteiger partial charge in [0.2, 0.25) is 12.7 Å². The maximum atomic E-state index is 13.9. The second kappa shape index (κ2) is 9.02. The maximum absolute atomic E-state index is 13.9. The van der Waals surface area contributed by atoms with Crippen LogP contribution in [0.1, 0.15) is 38.8 Å². The molecule has 0 radical (unpaired) electrons. The number of benzene rings is 3. The summed E-state index contributed by atoms with van der Waals surface area (Å²) in [5.41, 5.74) is 2.41. The smallest absolute Gasteiger partial charge is 0.262 e. The van der Waals surface area contributed by atoms with E-state index >= 15 is 0 Å². The van der Waals surface area contributed by atoms with E-state index in [4.69, 9.17) is 9.47 Å². The van der Waals surface area contributed by atoms with Gasteiger partial charge in [0.15, 0.2) is 11.5 Å². The summed E-state index contributed by atoms with van der Waals surface area (Å²) >= 11 is 0. The molecule has 3 aromatic rings. The van der Waals surface area contributed by atoms with Crippen molar-refractivity contribution >= 4 is 17.7 Å². The molecule has 7 heteroatoms. The first-order valence-electron chi connectivity index (χ1n) is 11.2. The SMILES string of the molecule is CCN(Cc1ccc2c(c1)OCO2)C(=O)[C@H](Cc1ccccc1)N1C(=O)c2ccccc2C1=O. The summed E-state index contributed by atoms with van der Waals surface area (Å²) in [7, 11) is 0. The zero-order chi connectivity index (χ0) is 23.7. The molecule has 3 aromatic carbocycles. The Morgan fingerprint density at radius 1 is 0.882 bits per heavy atom. The minimum absolute atomic E-state index is 0.175. The zero-order valence-corrected chi connectivity index (χ0v) is 18.8. The fourth-order valence-electron chi connectivity index (χ4n) is 4.43. The quantitative estimate of drug-likeness (QED) is 0.507. The monoisotopic (exact) mass is 456 g/mol. The average molecular weight is 456 g/mol. The highest BCUT2D eigenvalue weighted by molar-refractivity contribution is 6.22. The fraction of sp³-hybridized carbons (Fsp3) is 0.222. The van der Waals surface area contributed by atoms with Gasteiger partial charge in [-0.25, -0.2) is 0 Å². The van der Waals surface area contributed by atoms with E-state index in [0.717, 1.165) is 16.0 Å². The van der Waals surface area contributed by atoms with E-state index in [1.807, 2.05) is 55.5 Å². The zero-order valence-electron chi connectivity index (χ0n) is 18.8. The van der Waals surface area contributed by atoms with Gasteiger partial charge < -0.3 is 14.4 Å². The Hall–Kier alpha value is -4.13. The van der Waals surface area contributed by atoms with Gasteiger partial charge in [-0.2, -0.15) is 0 Å². The molecular weight excluding hydrogens is 432 g/mol. The third kappa shape index (κ3) is 3.90. The van der Waals surface area contributed by atoms with Crippen LogP contribution in [0.5, 0.6) is 11.5 Å². The fourth-order valence-corrected chi connectivity index (χ4v) is 4.43. The number of fused-ring (bicyclic) bond motifs is 2. The van der Waals surface area contributed by atoms with Gasteiger partial charge in [-0.15, -0.1) is 0 Å². The molecule has 2 aliphatic rings. The molecule has 5 rings (SSSR count). The molecule has 7 nitrogen and oxygen atoms in total. The predicted octanol–water partition coefficient (Wildman–Crippen LogP) is 3.67. The normalized spacial score (nSPS) is 14.8. The maximum Gasteiger partial charge on any atom is 0.262 e. The van der Waals surface area contributed by atoms with Crippen molar-refractivity contribution in [1.29, 1.82) is 0 Å². The molecule has 3 amide bonds. The highest BCUT2D eigenvalue weighted by Crippen LogP contribution is 2.33. The average Bonchev–Trinajstić information content (AvgIpc) is 3.44. The molecule has 0 spiro atoms. The van der Waals surface area contributed by atoms with Crippen molar-refractivity contribution in [2.24, 2.45) is 0 Å². The van der Waals surface area contributed by atoms with Crippen molar-refractivity contribution in [3.05, 3.63) is 95.1 Å². The van der Waals surface area contributed by atoms with Crippen LogP contribution in [0.3, 0.4) is 0 Å². The Kier molecular flexibility index (Phi) is 5.76. The van der Waals surface area contributed by atoms with Crippen molar-refractivity contribution in [3.8, 4) is 11.5 Å². The molecule has 0 saturated heterocycles. The number of hydrogen-bond acceptors (Lipinski definition) is 5. The van der Waals surface area contributed by atoms with E-state index in [0.29, 0.717) is 35.7 Å². The van der Waals surface area contributed by atoms with Crippen molar-refractivity contribution < 1.29 is 23.9 Å². The molecule has 2 aliphatic heterocycles. The summed E-state index contributed by atoms with van der Waals surface area (Å²) in [5.74, 6) is 0.162. The molecule has 1 atom stereocenters. The van der Waals surface area contributed by atoms with Gasteiger partial charge in [-0.1, -0.05) is 48.5 Å². The minimum Gasteiger partial charge on any atom is -0.454 e. The summed E-state index contributed by atoms with van der Waals surface area (Å²) in [6.07, 6.45) is 0.239. The molecule has 34 heavy (non-hydrogen) atoms. The van der Waals surface area contributed by atoms with Crippen LogP contribution >= 0.6 is 0 Å². The number of ether oxygens (including phenoxy) is 2. The number of carbonyl (C=O) groups is 3. The molecule has 0 unspecified atom stereocenters. The van der Waals surface area contributed by atoms with E-state index < -0.39 is 17.9 Å². The van der Waals surface area contributed by atoms with E-state index in [2.05, 4.69) is 0 Å². The van der Waals surface area contributed by atoms with Crippen LogP contribution in [0, 0.1) is 0 Å². The second-order valence-corrected chi connectivity index (χ2v) is 8.27. The lowest BCUT2D eigenvalue weighted by Gasteiger charge is -2.31. The third-order valence-electron chi connectivity index (χ3n) is 6.20. The van der Waals surface area contributed by atoms with Crippen molar-refractivity contribution in [2.75, 3.05) is 13.3 Å². The first-order valence-corrected chi connectivity index (χ1v) is 11.2. The molecule has 2 heterocycles. The molecule has 172 valence electrons. The highest BCUT2D eigenvalue weighted by atomic mass is 16.7. The number of amides is 3. The van der Waals surface area contributed by atoms with Gasteiger partial charge in [-0.3, -0.25) is 19.3 Å². The number of carbonyl (C=O) groups excluding carboxylic acids is 3. The Labute approximate surface area is 197 Å². The Balaban J connectivity index is 1.46. The molecule has 0 saturated carbocycles. The summed E-state index contributed by atoms with van der Waals surface area (Å²) in [6, 6.07) is 20.7. The van der Waals surface area contributed by atoms with Gasteiger partial charge in [0.05, 0.1) is 11.1 Å². The van der Waals surface area contributed by atoms with Crippen LogP contribution in [0.2, 0.25) is 0 Å². The van der Waals surface area contributed by atoms with Crippen LogP contribution in [0.25, 0.3) is 0 Å². The largest absolute Gasteiger partial charge is 0.454 e. The molecule has 0 fully saturated rings. The third-order valence-corrected chi connectivity index (χ3v) is 6.20. The minimum atomic E-state index is -0.955. The lowest BCUT2D eigenvalue weighted by atomic mass is 10.0. The Bertz CT molecular complexity index is 1220. The predicted molar refractivity (Wildman–Crippen MR) is 125 cm³/mol. The Morgan fingerprint density at radius 3 is 2.21 bits per heavy atom. The van der Waals surface area contributed by atoms with Crippen molar-refractivity contribution in [2.45, 2.75) is 25.9 Å². The lowest BCUT2D eigenvalue weighted by molar-refractivity contribution is -0.135. The Morgan fingerprint density at radius 2 is 1.53 bits per heavy atom. The second-order valence-electron chi connectivity index (χ2n) is 8.27. The number of hydrogen-bond donors (Lipinski definition) is 0. The van der Waals surface area contributed by atoms with Gasteiger partial charge >= 0.3 is 0 Å². The first-order chi connectivity index (χ1) is 16.6. The summed E-state index contributed by atoms with van der Waals surface area (Å²) < 4.78 is 10.8. The standard InChI is InChI=1S/C27H24N2O5/c1-2-28(16-19-12-13-23-24(15-19)34-17-33-23)27(32)22(14-18-8-4-3-5-9-18)29-25(30)20-10-6-7-11-21(20)26(29)31/h3-13,15,22H,2,14,16-17H2,1H3/t22-/m0/s1. The molecule has 0 aromatic heterocycles. The van der Waals surface area contributed by atoms with E-state index in [-0.39, 0.29) is 19.1 Å². The molecule has 0 bridgehead atoms. The van der Waals surface area contributed by atoms with Crippen LogP contribution in [-0.4, -0.2) is 46.9 Å². The number of nitrogens with zero attached hydrogens (tertiary/aromatic N) is 2. The van der Waals surface area contributed by atoms with Crippen molar-refractivity contribution in [1.82, 2.24) is 9.80 Å². The van der Waals surface area contributed by atoms with E-state index in [9.17, 15) is 14.4 Å². The van der Waals surface area contributed by atoms with Crippen LogP contribution < -0.4 is 9.47 Å². The van der Waals surface area contributed by atoms with Crippen LogP contribution in [-0.2, 0) is 17.8 Å². The first kappa shape index (κ1) is 21.7. The molecule has 0 aliphatic carbocycles. The molecule has 0 N–H and O–H groups in total. The van der Waals surface area contributed by atoms with E-state index in [1.54, 1.807) is 29.2 Å². The molecular formula is C27H24N2O5. The van der Waals surface area contributed by atoms with Gasteiger partial charge in [0.25, 0.3) is 11.8 Å². The van der Waals surface area contributed by atoms with Crippen LogP contribution in [0.4, 0.5) is 0 Å². The van der Waals surface area contributed by atoms with Crippen LogP contribution in [0.15, 0.2) is 72.8 Å². The van der Waals surface area contributed by atoms with Crippen molar-refractivity contribution in [3.63, 3.8) is 0 Å². The summed E-state index contributed by atoms with van der Waals surface area (Å²) in [5, 5.41) is 0. The number of rotatable bonds is 7. The topological polar surface area (TPSA) is 76.2 Å². The summed E-state index contributed by atoms with van der Waals surface area (Å²) in [4.78, 5) is 43.1. The highest BCUT2D eigenvalue weighted by Gasteiger charge is 2.43. The van der Waals surface area contributed by atoms with E-state index in [1.165, 1.54) is 0 Å².